The summed E-state index contributed by atoms with van der Waals surface area (Å²) in [5.74, 6) is 0.644. The molecule has 0 fully saturated rings. The zero-order valence-electron chi connectivity index (χ0n) is 10.6. The average Bonchev–Trinajstić information content (AvgIpc) is 2.28. The Balaban J connectivity index is 2.50. The van der Waals surface area contributed by atoms with Crippen LogP contribution in [0.1, 0.15) is 18.5 Å². The van der Waals surface area contributed by atoms with Gasteiger partial charge in [0.05, 0.1) is 0 Å². The summed E-state index contributed by atoms with van der Waals surface area (Å²) in [7, 11) is -0.773. The summed E-state index contributed by atoms with van der Waals surface area (Å²) in [6.45, 7) is 2.75. The maximum atomic E-state index is 10.9. The lowest BCUT2D eigenvalue weighted by Gasteiger charge is -2.14. The molecular formula is C12H19N3O2S. The molecule has 1 aromatic rings. The number of carbonyl (C=O) groups excluding carboxylic acids is 1. The maximum Gasteiger partial charge on any atom is 0.316 e. The number of rotatable bonds is 6. The molecule has 2 amide bonds. The summed E-state index contributed by atoms with van der Waals surface area (Å²) >= 11 is 0. The SMILES string of the molecule is CC(NCCS(C)=O)c1ccc(NC(N)=O)cc1. The molecule has 0 saturated carbocycles. The van der Waals surface area contributed by atoms with Crippen molar-refractivity contribution in [1.29, 1.82) is 0 Å². The van der Waals surface area contributed by atoms with E-state index in [-0.39, 0.29) is 6.04 Å². The Labute approximate surface area is 110 Å². The average molecular weight is 269 g/mol. The molecule has 0 aliphatic carbocycles. The highest BCUT2D eigenvalue weighted by molar-refractivity contribution is 7.84. The first-order chi connectivity index (χ1) is 8.49. The van der Waals surface area contributed by atoms with Crippen LogP contribution in [0.25, 0.3) is 0 Å². The highest BCUT2D eigenvalue weighted by Crippen LogP contribution is 2.15. The van der Waals surface area contributed by atoms with Crippen molar-refractivity contribution in [3.05, 3.63) is 29.8 Å². The minimum atomic E-state index is -0.773. The van der Waals surface area contributed by atoms with E-state index in [1.165, 1.54) is 0 Å². The van der Waals surface area contributed by atoms with Crippen molar-refractivity contribution in [2.45, 2.75) is 13.0 Å². The van der Waals surface area contributed by atoms with Gasteiger partial charge in [-0.3, -0.25) is 4.21 Å². The second-order valence-corrected chi connectivity index (χ2v) is 5.62. The molecule has 0 aliphatic rings. The van der Waals surface area contributed by atoms with Crippen molar-refractivity contribution in [2.24, 2.45) is 5.73 Å². The van der Waals surface area contributed by atoms with Crippen LogP contribution < -0.4 is 16.4 Å². The summed E-state index contributed by atoms with van der Waals surface area (Å²) < 4.78 is 10.9. The Morgan fingerprint density at radius 2 is 2.00 bits per heavy atom. The monoisotopic (exact) mass is 269 g/mol. The molecule has 1 aromatic carbocycles. The number of benzene rings is 1. The lowest BCUT2D eigenvalue weighted by Crippen LogP contribution is -2.23. The van der Waals surface area contributed by atoms with Crippen molar-refractivity contribution >= 4 is 22.5 Å². The van der Waals surface area contributed by atoms with Crippen molar-refractivity contribution in [3.63, 3.8) is 0 Å². The first-order valence-electron chi connectivity index (χ1n) is 5.69. The number of carbonyl (C=O) groups is 1. The predicted octanol–water partition coefficient (Wildman–Crippen LogP) is 1.21. The zero-order chi connectivity index (χ0) is 13.5. The minimum Gasteiger partial charge on any atom is -0.351 e. The van der Waals surface area contributed by atoms with E-state index in [1.54, 1.807) is 18.4 Å². The normalized spacial score (nSPS) is 13.9. The molecule has 18 heavy (non-hydrogen) atoms. The number of amides is 2. The Morgan fingerprint density at radius 1 is 1.39 bits per heavy atom. The topological polar surface area (TPSA) is 84.2 Å². The Bertz CT molecular complexity index is 420. The Kier molecular flexibility index (Phi) is 5.80. The van der Waals surface area contributed by atoms with Crippen LogP contribution in [-0.2, 0) is 10.8 Å². The van der Waals surface area contributed by atoms with E-state index in [1.807, 2.05) is 19.1 Å². The molecule has 4 N–H and O–H groups in total. The van der Waals surface area contributed by atoms with Gasteiger partial charge in [0.2, 0.25) is 0 Å². The lowest BCUT2D eigenvalue weighted by molar-refractivity contribution is 0.259. The van der Waals surface area contributed by atoms with Crippen LogP contribution in [0.15, 0.2) is 24.3 Å². The first kappa shape index (κ1) is 14.7. The third kappa shape index (κ3) is 5.29. The van der Waals surface area contributed by atoms with Crippen LogP contribution in [0.3, 0.4) is 0 Å². The van der Waals surface area contributed by atoms with Gasteiger partial charge in [-0.2, -0.15) is 0 Å². The minimum absolute atomic E-state index is 0.177. The molecule has 1 rings (SSSR count). The van der Waals surface area contributed by atoms with Gasteiger partial charge in [-0.25, -0.2) is 4.79 Å². The fourth-order valence-corrected chi connectivity index (χ4v) is 1.94. The fraction of sp³-hybridized carbons (Fsp3) is 0.417. The zero-order valence-corrected chi connectivity index (χ0v) is 11.4. The van der Waals surface area contributed by atoms with Gasteiger partial charge < -0.3 is 16.4 Å². The summed E-state index contributed by atoms with van der Waals surface area (Å²) in [5, 5.41) is 5.79. The van der Waals surface area contributed by atoms with Crippen molar-refractivity contribution in [1.82, 2.24) is 5.32 Å². The molecule has 0 bridgehead atoms. The first-order valence-corrected chi connectivity index (χ1v) is 7.41. The van der Waals surface area contributed by atoms with E-state index in [2.05, 4.69) is 10.6 Å². The Morgan fingerprint density at radius 3 is 2.50 bits per heavy atom. The van der Waals surface area contributed by atoms with Crippen LogP contribution in [0.2, 0.25) is 0 Å². The van der Waals surface area contributed by atoms with Gasteiger partial charge in [0.1, 0.15) is 0 Å². The molecule has 6 heteroatoms. The van der Waals surface area contributed by atoms with Crippen molar-refractivity contribution in [2.75, 3.05) is 23.9 Å². The number of hydrogen-bond donors (Lipinski definition) is 3. The Hall–Kier alpha value is -1.40. The molecule has 0 radical (unpaired) electrons. The second kappa shape index (κ2) is 7.13. The molecule has 100 valence electrons. The second-order valence-electron chi connectivity index (χ2n) is 4.06. The third-order valence-corrected chi connectivity index (χ3v) is 3.30. The van der Waals surface area contributed by atoms with Gasteiger partial charge in [0, 0.05) is 41.1 Å². The smallest absolute Gasteiger partial charge is 0.316 e. The van der Waals surface area contributed by atoms with E-state index in [4.69, 9.17) is 5.73 Å². The van der Waals surface area contributed by atoms with Gasteiger partial charge in [0.25, 0.3) is 0 Å². The van der Waals surface area contributed by atoms with Crippen molar-refractivity contribution in [3.8, 4) is 0 Å². The third-order valence-electron chi connectivity index (χ3n) is 2.52. The van der Waals surface area contributed by atoms with Gasteiger partial charge in [-0.15, -0.1) is 0 Å². The highest BCUT2D eigenvalue weighted by atomic mass is 32.2. The van der Waals surface area contributed by atoms with Gasteiger partial charge in [-0.05, 0) is 24.6 Å². The van der Waals surface area contributed by atoms with E-state index in [9.17, 15) is 9.00 Å². The molecule has 0 saturated heterocycles. The largest absolute Gasteiger partial charge is 0.351 e. The highest BCUT2D eigenvalue weighted by Gasteiger charge is 2.05. The molecule has 5 nitrogen and oxygen atoms in total. The molecule has 2 unspecified atom stereocenters. The molecule has 0 spiro atoms. The summed E-state index contributed by atoms with van der Waals surface area (Å²) in [6, 6.07) is 7.06. The van der Waals surface area contributed by atoms with Gasteiger partial charge >= 0.3 is 6.03 Å². The summed E-state index contributed by atoms with van der Waals surface area (Å²) in [6.07, 6.45) is 1.69. The van der Waals surface area contributed by atoms with E-state index in [0.29, 0.717) is 18.0 Å². The lowest BCUT2D eigenvalue weighted by atomic mass is 10.1. The molecule has 0 aromatic heterocycles. The molecule has 0 aliphatic heterocycles. The molecular weight excluding hydrogens is 250 g/mol. The van der Waals surface area contributed by atoms with Gasteiger partial charge in [-0.1, -0.05) is 12.1 Å². The van der Waals surface area contributed by atoms with E-state index in [0.717, 1.165) is 5.56 Å². The number of primary amides is 1. The number of nitrogens with two attached hydrogens (primary N) is 1. The van der Waals surface area contributed by atoms with Crippen LogP contribution in [0.4, 0.5) is 10.5 Å². The summed E-state index contributed by atoms with van der Waals surface area (Å²) in [4.78, 5) is 10.7. The number of nitrogens with one attached hydrogen (secondary N) is 2. The quantitative estimate of drug-likeness (QED) is 0.725. The van der Waals surface area contributed by atoms with E-state index >= 15 is 0 Å². The maximum absolute atomic E-state index is 10.9. The van der Waals surface area contributed by atoms with Crippen LogP contribution >= 0.6 is 0 Å². The number of hydrogen-bond acceptors (Lipinski definition) is 3. The molecule has 2 atom stereocenters. The number of anilines is 1. The van der Waals surface area contributed by atoms with Crippen LogP contribution in [0.5, 0.6) is 0 Å². The molecule has 0 heterocycles. The number of urea groups is 1. The predicted molar refractivity (Wildman–Crippen MR) is 75.0 cm³/mol. The van der Waals surface area contributed by atoms with Crippen LogP contribution in [-0.4, -0.2) is 28.8 Å². The standard InChI is InChI=1S/C12H19N3O2S/c1-9(14-7-8-18(2)17)10-3-5-11(6-4-10)15-12(13)16/h3-6,9,14H,7-8H2,1-2H3,(H3,13,15,16). The van der Waals surface area contributed by atoms with E-state index < -0.39 is 16.8 Å². The summed E-state index contributed by atoms with van der Waals surface area (Å²) in [5.41, 5.74) is 6.80. The van der Waals surface area contributed by atoms with Crippen molar-refractivity contribution < 1.29 is 9.00 Å². The fourth-order valence-electron chi connectivity index (χ4n) is 1.53. The van der Waals surface area contributed by atoms with Crippen LogP contribution in [0, 0.1) is 0 Å². The van der Waals surface area contributed by atoms with Gasteiger partial charge in [0.15, 0.2) is 0 Å².